The number of piperidine rings is 1. The number of hydrogen-bond acceptors (Lipinski definition) is 6. The molecule has 1 aromatic carbocycles. The highest BCUT2D eigenvalue weighted by atomic mass is 32.1. The smallest absolute Gasteiger partial charge is 0.243 e. The lowest BCUT2D eigenvalue weighted by Crippen LogP contribution is -2.67. The van der Waals surface area contributed by atoms with Crippen LogP contribution in [0.5, 0.6) is 5.75 Å². The molecule has 1 amide bonds. The number of rotatable bonds is 5. The predicted molar refractivity (Wildman–Crippen MR) is 115 cm³/mol. The van der Waals surface area contributed by atoms with Crippen molar-refractivity contribution in [1.82, 2.24) is 19.7 Å². The Balaban J connectivity index is 1.40. The molecule has 0 bridgehead atoms. The van der Waals surface area contributed by atoms with E-state index >= 15 is 0 Å². The second-order valence-electron chi connectivity index (χ2n) is 8.16. The molecule has 2 saturated heterocycles. The number of ether oxygens (including phenoxy) is 1. The van der Waals surface area contributed by atoms with E-state index in [0.717, 1.165) is 62.0 Å². The number of likely N-dealkylation sites (tertiary alicyclic amines) is 1. The van der Waals surface area contributed by atoms with Gasteiger partial charge in [0.2, 0.25) is 5.91 Å². The quantitative estimate of drug-likeness (QED) is 0.753. The summed E-state index contributed by atoms with van der Waals surface area (Å²) in [6.45, 7) is 7.14. The molecule has 2 aromatic rings. The third-order valence-corrected chi connectivity index (χ3v) is 7.21. The van der Waals surface area contributed by atoms with Gasteiger partial charge in [0.1, 0.15) is 11.3 Å². The fourth-order valence-electron chi connectivity index (χ4n) is 4.54. The SMILES string of the molecule is COc1ccc(CN2CCC3(CC2)C(=O)N(Cc2csc(C)n2)CCN3C)cc1. The fraction of sp³-hybridized carbons (Fsp3) is 0.545. The van der Waals surface area contributed by atoms with E-state index in [0.29, 0.717) is 6.54 Å². The largest absolute Gasteiger partial charge is 0.497 e. The molecule has 2 aliphatic rings. The molecule has 1 aromatic heterocycles. The second kappa shape index (κ2) is 8.42. The molecule has 2 fully saturated rings. The third-order valence-electron chi connectivity index (χ3n) is 6.39. The maximum absolute atomic E-state index is 13.5. The van der Waals surface area contributed by atoms with Gasteiger partial charge in [-0.1, -0.05) is 12.1 Å². The summed E-state index contributed by atoms with van der Waals surface area (Å²) >= 11 is 1.65. The van der Waals surface area contributed by atoms with Crippen LogP contribution < -0.4 is 4.74 Å². The summed E-state index contributed by atoms with van der Waals surface area (Å²) in [5, 5.41) is 3.13. The Morgan fingerprint density at radius 2 is 1.83 bits per heavy atom. The van der Waals surface area contributed by atoms with Crippen LogP contribution in [0.25, 0.3) is 0 Å². The summed E-state index contributed by atoms with van der Waals surface area (Å²) in [6.07, 6.45) is 1.76. The Bertz CT molecular complexity index is 843. The van der Waals surface area contributed by atoms with Gasteiger partial charge >= 0.3 is 0 Å². The summed E-state index contributed by atoms with van der Waals surface area (Å²) in [7, 11) is 3.80. The molecule has 0 radical (unpaired) electrons. The first kappa shape index (κ1) is 20.3. The van der Waals surface area contributed by atoms with Gasteiger partial charge in [-0.3, -0.25) is 14.6 Å². The van der Waals surface area contributed by atoms with E-state index in [1.54, 1.807) is 18.4 Å². The van der Waals surface area contributed by atoms with Gasteiger partial charge in [-0.2, -0.15) is 0 Å². The lowest BCUT2D eigenvalue weighted by Gasteiger charge is -2.51. The number of aryl methyl sites for hydroxylation is 1. The lowest BCUT2D eigenvalue weighted by atomic mass is 9.82. The summed E-state index contributed by atoms with van der Waals surface area (Å²) in [5.74, 6) is 1.16. The number of benzene rings is 1. The van der Waals surface area contributed by atoms with Crippen molar-refractivity contribution in [2.45, 2.75) is 38.4 Å². The molecule has 0 unspecified atom stereocenters. The van der Waals surface area contributed by atoms with Crippen LogP contribution >= 0.6 is 11.3 Å². The first-order valence-electron chi connectivity index (χ1n) is 10.3. The zero-order valence-electron chi connectivity index (χ0n) is 17.6. The van der Waals surface area contributed by atoms with Crippen molar-refractivity contribution in [2.75, 3.05) is 40.3 Å². The normalized spacial score (nSPS) is 20.4. The molecule has 1 spiro atoms. The maximum Gasteiger partial charge on any atom is 0.243 e. The van der Waals surface area contributed by atoms with Crippen molar-refractivity contribution in [3.8, 4) is 5.75 Å². The van der Waals surface area contributed by atoms with Crippen LogP contribution in [0.2, 0.25) is 0 Å². The number of carbonyl (C=O) groups excluding carboxylic acids is 1. The minimum absolute atomic E-state index is 0.279. The number of likely N-dealkylation sites (N-methyl/N-ethyl adjacent to an activating group) is 1. The third kappa shape index (κ3) is 4.17. The number of methoxy groups -OCH3 is 1. The number of piperazine rings is 1. The molecule has 2 aliphatic heterocycles. The molecule has 0 N–H and O–H groups in total. The molecule has 7 heteroatoms. The van der Waals surface area contributed by atoms with Gasteiger partial charge in [-0.25, -0.2) is 4.98 Å². The van der Waals surface area contributed by atoms with Crippen molar-refractivity contribution < 1.29 is 9.53 Å². The van der Waals surface area contributed by atoms with E-state index in [4.69, 9.17) is 4.74 Å². The molecule has 0 saturated carbocycles. The van der Waals surface area contributed by atoms with Crippen molar-refractivity contribution in [2.24, 2.45) is 0 Å². The highest BCUT2D eigenvalue weighted by Gasteiger charge is 2.49. The van der Waals surface area contributed by atoms with Crippen molar-refractivity contribution in [3.63, 3.8) is 0 Å². The van der Waals surface area contributed by atoms with Crippen molar-refractivity contribution in [3.05, 3.63) is 45.9 Å². The van der Waals surface area contributed by atoms with E-state index in [1.165, 1.54) is 5.56 Å². The summed E-state index contributed by atoms with van der Waals surface area (Å²) in [5.41, 5.74) is 1.93. The minimum atomic E-state index is -0.361. The average molecular weight is 415 g/mol. The van der Waals surface area contributed by atoms with Crippen LogP contribution in [0.4, 0.5) is 0 Å². The highest BCUT2D eigenvalue weighted by molar-refractivity contribution is 7.09. The van der Waals surface area contributed by atoms with E-state index in [2.05, 4.69) is 39.3 Å². The number of thiazole rings is 1. The van der Waals surface area contributed by atoms with E-state index < -0.39 is 0 Å². The number of carbonyl (C=O) groups is 1. The van der Waals surface area contributed by atoms with Crippen LogP contribution in [-0.2, 0) is 17.9 Å². The number of aromatic nitrogens is 1. The Morgan fingerprint density at radius 1 is 1.10 bits per heavy atom. The highest BCUT2D eigenvalue weighted by Crippen LogP contribution is 2.34. The van der Waals surface area contributed by atoms with Gasteiger partial charge in [0.25, 0.3) is 0 Å². The van der Waals surface area contributed by atoms with Gasteiger partial charge in [0, 0.05) is 38.1 Å². The lowest BCUT2D eigenvalue weighted by molar-refractivity contribution is -0.155. The average Bonchev–Trinajstić information content (AvgIpc) is 3.15. The van der Waals surface area contributed by atoms with Gasteiger partial charge in [-0.05, 0) is 44.5 Å². The number of amides is 1. The Kier molecular flexibility index (Phi) is 5.90. The predicted octanol–water partition coefficient (Wildman–Crippen LogP) is 2.77. The first-order valence-corrected chi connectivity index (χ1v) is 11.1. The summed E-state index contributed by atoms with van der Waals surface area (Å²) in [4.78, 5) is 24.8. The molecule has 0 aliphatic carbocycles. The standard InChI is InChI=1S/C22H30N4O2S/c1-17-23-19(16-29-17)15-26-13-12-24(2)22(21(26)27)8-10-25(11-9-22)14-18-4-6-20(28-3)7-5-18/h4-7,16H,8-15H2,1-3H3. The van der Waals surface area contributed by atoms with Crippen molar-refractivity contribution >= 4 is 17.2 Å². The molecular weight excluding hydrogens is 384 g/mol. The Hall–Kier alpha value is -1.96. The maximum atomic E-state index is 13.5. The van der Waals surface area contributed by atoms with Gasteiger partial charge in [0.05, 0.1) is 24.4 Å². The molecular formula is C22H30N4O2S. The van der Waals surface area contributed by atoms with E-state index in [-0.39, 0.29) is 11.4 Å². The van der Waals surface area contributed by atoms with Crippen LogP contribution in [-0.4, -0.2) is 71.5 Å². The van der Waals surface area contributed by atoms with E-state index in [1.807, 2.05) is 24.0 Å². The zero-order valence-corrected chi connectivity index (χ0v) is 18.4. The first-order chi connectivity index (χ1) is 14.0. The molecule has 3 heterocycles. The van der Waals surface area contributed by atoms with Gasteiger partial charge < -0.3 is 9.64 Å². The van der Waals surface area contributed by atoms with Gasteiger partial charge in [0.15, 0.2) is 0 Å². The fourth-order valence-corrected chi connectivity index (χ4v) is 5.14. The summed E-state index contributed by atoms with van der Waals surface area (Å²) < 4.78 is 5.25. The molecule has 4 rings (SSSR count). The number of nitrogens with zero attached hydrogens (tertiary/aromatic N) is 4. The van der Waals surface area contributed by atoms with Crippen LogP contribution in [0.1, 0.15) is 29.1 Å². The molecule has 0 atom stereocenters. The van der Waals surface area contributed by atoms with E-state index in [9.17, 15) is 4.79 Å². The van der Waals surface area contributed by atoms with Crippen LogP contribution in [0.15, 0.2) is 29.6 Å². The van der Waals surface area contributed by atoms with Crippen molar-refractivity contribution in [1.29, 1.82) is 0 Å². The Morgan fingerprint density at radius 3 is 2.45 bits per heavy atom. The monoisotopic (exact) mass is 414 g/mol. The molecule has 156 valence electrons. The van der Waals surface area contributed by atoms with Crippen LogP contribution in [0.3, 0.4) is 0 Å². The zero-order chi connectivity index (χ0) is 20.4. The second-order valence-corrected chi connectivity index (χ2v) is 9.22. The van der Waals surface area contributed by atoms with Gasteiger partial charge in [-0.15, -0.1) is 11.3 Å². The summed E-state index contributed by atoms with van der Waals surface area (Å²) in [6, 6.07) is 8.27. The molecule has 29 heavy (non-hydrogen) atoms. The molecule has 6 nitrogen and oxygen atoms in total. The topological polar surface area (TPSA) is 48.9 Å². The Labute approximate surface area is 177 Å². The van der Waals surface area contributed by atoms with Crippen LogP contribution in [0, 0.1) is 6.92 Å². The number of hydrogen-bond donors (Lipinski definition) is 0. The minimum Gasteiger partial charge on any atom is -0.497 e.